The predicted molar refractivity (Wildman–Crippen MR) is 114 cm³/mol. The molecule has 0 unspecified atom stereocenters. The molecule has 0 fully saturated rings. The van der Waals surface area contributed by atoms with Gasteiger partial charge >= 0.3 is 0 Å². The Morgan fingerprint density at radius 1 is 1.14 bits per heavy atom. The normalized spacial score (nSPS) is 18.0. The number of pyridine rings is 1. The molecule has 5 nitrogen and oxygen atoms in total. The zero-order chi connectivity index (χ0) is 20.6. The highest BCUT2D eigenvalue weighted by atomic mass is 79.9. The van der Waals surface area contributed by atoms with E-state index in [-0.39, 0.29) is 18.7 Å². The number of fused-ring (bicyclic) bond motifs is 1. The number of hydrogen-bond donors (Lipinski definition) is 1. The number of carbonyl (C=O) groups excluding carboxylic acids is 2. The van der Waals surface area contributed by atoms with Gasteiger partial charge in [-0.15, -0.1) is 0 Å². The summed E-state index contributed by atoms with van der Waals surface area (Å²) in [5.41, 5.74) is 0.0816. The molecule has 0 bridgehead atoms. The van der Waals surface area contributed by atoms with Crippen LogP contribution < -0.4 is 4.90 Å². The molecule has 0 saturated carbocycles. The summed E-state index contributed by atoms with van der Waals surface area (Å²) in [6, 6.07) is 17.3. The van der Waals surface area contributed by atoms with Gasteiger partial charge < -0.3 is 10.0 Å². The van der Waals surface area contributed by atoms with E-state index >= 15 is 0 Å². The Balaban J connectivity index is 1.71. The molecule has 0 radical (unpaired) electrons. The van der Waals surface area contributed by atoms with Crippen LogP contribution in [0.1, 0.15) is 28.0 Å². The van der Waals surface area contributed by atoms with Gasteiger partial charge in [0.05, 0.1) is 18.7 Å². The number of anilines is 1. The highest BCUT2D eigenvalue weighted by Gasteiger charge is 2.51. The number of hydrogen-bond acceptors (Lipinski definition) is 4. The van der Waals surface area contributed by atoms with E-state index < -0.39 is 17.3 Å². The minimum atomic E-state index is -1.96. The Kier molecular flexibility index (Phi) is 5.25. The lowest BCUT2D eigenvalue weighted by molar-refractivity contribution is -0.136. The van der Waals surface area contributed by atoms with Crippen LogP contribution in [0.3, 0.4) is 0 Å². The first kappa shape index (κ1) is 19.8. The fraction of sp³-hybridized carbons (Fsp3) is 0.136. The second-order valence-corrected chi connectivity index (χ2v) is 8.21. The number of benzene rings is 2. The molecule has 0 spiro atoms. The van der Waals surface area contributed by atoms with E-state index in [1.165, 1.54) is 11.1 Å². The maximum absolute atomic E-state index is 13.3. The van der Waals surface area contributed by atoms with Gasteiger partial charge in [0.1, 0.15) is 5.69 Å². The highest BCUT2D eigenvalue weighted by Crippen LogP contribution is 2.44. The molecule has 2 aromatic carbocycles. The quantitative estimate of drug-likeness (QED) is 0.556. The molecule has 3 aromatic rings. The Morgan fingerprint density at radius 3 is 2.59 bits per heavy atom. The number of rotatable bonds is 5. The third kappa shape index (κ3) is 3.71. The van der Waals surface area contributed by atoms with E-state index in [0.717, 1.165) is 5.56 Å². The van der Waals surface area contributed by atoms with Crippen LogP contribution in [0.4, 0.5) is 5.69 Å². The molecule has 1 amide bonds. The first-order valence-corrected chi connectivity index (χ1v) is 10.1. The van der Waals surface area contributed by atoms with Gasteiger partial charge in [0.2, 0.25) is 0 Å². The summed E-state index contributed by atoms with van der Waals surface area (Å²) >= 11 is 9.34. The summed E-state index contributed by atoms with van der Waals surface area (Å²) in [6.45, 7) is 0.255. The zero-order valence-electron chi connectivity index (χ0n) is 15.2. The smallest absolute Gasteiger partial charge is 0.264 e. The van der Waals surface area contributed by atoms with Crippen molar-refractivity contribution < 1.29 is 14.7 Å². The summed E-state index contributed by atoms with van der Waals surface area (Å²) in [4.78, 5) is 31.6. The van der Waals surface area contributed by atoms with Crippen LogP contribution in [0.5, 0.6) is 0 Å². The molecule has 4 rings (SSSR count). The lowest BCUT2D eigenvalue weighted by Crippen LogP contribution is -2.41. The molecule has 7 heteroatoms. The van der Waals surface area contributed by atoms with Crippen molar-refractivity contribution in [1.29, 1.82) is 0 Å². The molecule has 29 heavy (non-hydrogen) atoms. The molecule has 0 aliphatic carbocycles. The van der Waals surface area contributed by atoms with E-state index in [4.69, 9.17) is 11.6 Å². The van der Waals surface area contributed by atoms with Crippen LogP contribution in [0.15, 0.2) is 71.3 Å². The highest BCUT2D eigenvalue weighted by molar-refractivity contribution is 9.10. The average molecular weight is 472 g/mol. The summed E-state index contributed by atoms with van der Waals surface area (Å²) in [5.74, 6) is -0.939. The number of ketones is 1. The van der Waals surface area contributed by atoms with Gasteiger partial charge in [0.15, 0.2) is 11.4 Å². The molecule has 2 heterocycles. The van der Waals surface area contributed by atoms with Gasteiger partial charge in [0.25, 0.3) is 5.91 Å². The topological polar surface area (TPSA) is 70.5 Å². The SMILES string of the molecule is O=C(C[C@]1(O)C(=O)N(Cc2ccc(Cl)cc2)c2ccc(Br)cc21)c1ccccn1. The lowest BCUT2D eigenvalue weighted by atomic mass is 9.89. The van der Waals surface area contributed by atoms with Gasteiger partial charge in [-0.2, -0.15) is 0 Å². The lowest BCUT2D eigenvalue weighted by Gasteiger charge is -2.22. The third-order valence-corrected chi connectivity index (χ3v) is 5.66. The summed E-state index contributed by atoms with van der Waals surface area (Å²) in [5, 5.41) is 12.0. The number of halogens is 2. The first-order chi connectivity index (χ1) is 13.9. The van der Waals surface area contributed by atoms with Crippen LogP contribution in [-0.2, 0) is 16.9 Å². The summed E-state index contributed by atoms with van der Waals surface area (Å²) in [7, 11) is 0. The first-order valence-electron chi connectivity index (χ1n) is 8.91. The Bertz CT molecular complexity index is 1090. The third-order valence-electron chi connectivity index (χ3n) is 4.91. The van der Waals surface area contributed by atoms with Gasteiger partial charge in [-0.3, -0.25) is 14.6 Å². The van der Waals surface area contributed by atoms with Gasteiger partial charge in [-0.05, 0) is 48.0 Å². The van der Waals surface area contributed by atoms with E-state index in [2.05, 4.69) is 20.9 Å². The van der Waals surface area contributed by atoms with Crippen molar-refractivity contribution in [3.05, 3.63) is 93.2 Å². The fourth-order valence-electron chi connectivity index (χ4n) is 3.47. The minimum absolute atomic E-state index is 0.210. The molecule has 0 saturated heterocycles. The van der Waals surface area contributed by atoms with Crippen molar-refractivity contribution in [1.82, 2.24) is 4.98 Å². The van der Waals surface area contributed by atoms with E-state index in [9.17, 15) is 14.7 Å². The van der Waals surface area contributed by atoms with Crippen LogP contribution in [0, 0.1) is 0 Å². The van der Waals surface area contributed by atoms with E-state index in [1.54, 1.807) is 48.5 Å². The largest absolute Gasteiger partial charge is 0.375 e. The molecular formula is C22H16BrClN2O3. The van der Waals surface area contributed by atoms with Gasteiger partial charge in [0, 0.05) is 21.3 Å². The fourth-order valence-corrected chi connectivity index (χ4v) is 3.96. The molecule has 1 N–H and O–H groups in total. The van der Waals surface area contributed by atoms with E-state index in [1.807, 2.05) is 12.1 Å². The zero-order valence-corrected chi connectivity index (χ0v) is 17.5. The average Bonchev–Trinajstić information content (AvgIpc) is 2.92. The van der Waals surface area contributed by atoms with Crippen LogP contribution in [0.25, 0.3) is 0 Å². The number of Topliss-reactive ketones (excluding diaryl/α,β-unsaturated/α-hetero) is 1. The number of aliphatic hydroxyl groups is 1. The standard InChI is InChI=1S/C22H16BrClN2O3/c23-15-6-9-19-17(11-15)22(29,12-20(27)18-3-1-2-10-25-18)21(28)26(19)13-14-4-7-16(24)8-5-14/h1-11,29H,12-13H2/t22-/m1/s1. The number of carbonyl (C=O) groups is 2. The van der Waals surface area contributed by atoms with Crippen LogP contribution >= 0.6 is 27.5 Å². The van der Waals surface area contributed by atoms with Gasteiger partial charge in [-0.25, -0.2) is 0 Å². The maximum atomic E-state index is 13.3. The Morgan fingerprint density at radius 2 is 1.90 bits per heavy atom. The Hall–Kier alpha value is -2.54. The summed E-state index contributed by atoms with van der Waals surface area (Å²) < 4.78 is 0.709. The predicted octanol–water partition coefficient (Wildman–Crippen LogP) is 4.50. The van der Waals surface area contributed by atoms with Crippen molar-refractivity contribution in [2.75, 3.05) is 4.90 Å². The number of amides is 1. The van der Waals surface area contributed by atoms with Crippen LogP contribution in [-0.4, -0.2) is 21.8 Å². The molecule has 1 aliphatic heterocycles. The minimum Gasteiger partial charge on any atom is -0.375 e. The number of nitrogens with zero attached hydrogens (tertiary/aromatic N) is 2. The second kappa shape index (κ2) is 7.71. The van der Waals surface area contributed by atoms with Crippen LogP contribution in [0.2, 0.25) is 5.02 Å². The molecule has 146 valence electrons. The Labute approximate surface area is 181 Å². The monoisotopic (exact) mass is 470 g/mol. The van der Waals surface area contributed by atoms with Crippen molar-refractivity contribution >= 4 is 44.9 Å². The van der Waals surface area contributed by atoms with Gasteiger partial charge in [-0.1, -0.05) is 45.7 Å². The van der Waals surface area contributed by atoms with Crippen molar-refractivity contribution in [2.24, 2.45) is 0 Å². The molecule has 1 aromatic heterocycles. The molecule has 1 atom stereocenters. The van der Waals surface area contributed by atoms with E-state index in [0.29, 0.717) is 20.7 Å². The molecular weight excluding hydrogens is 456 g/mol. The van der Waals surface area contributed by atoms with Crippen molar-refractivity contribution in [2.45, 2.75) is 18.6 Å². The summed E-state index contributed by atoms with van der Waals surface area (Å²) in [6.07, 6.45) is 1.12. The maximum Gasteiger partial charge on any atom is 0.264 e. The van der Waals surface area contributed by atoms with Crippen molar-refractivity contribution in [3.63, 3.8) is 0 Å². The second-order valence-electron chi connectivity index (χ2n) is 6.85. The number of aromatic nitrogens is 1. The molecule has 1 aliphatic rings. The van der Waals surface area contributed by atoms with Crippen molar-refractivity contribution in [3.8, 4) is 0 Å².